The van der Waals surface area contributed by atoms with E-state index in [1.807, 2.05) is 19.0 Å². The summed E-state index contributed by atoms with van der Waals surface area (Å²) in [6, 6.07) is 7.61. The number of hydrogen-bond acceptors (Lipinski definition) is 6. The first-order valence-electron chi connectivity index (χ1n) is 9.17. The van der Waals surface area contributed by atoms with Crippen LogP contribution < -0.4 is 4.90 Å². The number of thiazole rings is 1. The number of sulfone groups is 1. The minimum Gasteiger partial charge on any atom is -0.308 e. The Kier molecular flexibility index (Phi) is 8.09. The molecule has 1 aromatic heterocycles. The lowest BCUT2D eigenvalue weighted by molar-refractivity contribution is 0.0985. The maximum atomic E-state index is 14.1. The number of halogens is 3. The molecule has 0 radical (unpaired) electrons. The monoisotopic (exact) mass is 489 g/mol. The summed E-state index contributed by atoms with van der Waals surface area (Å²) in [7, 11) is 0.316. The standard InChI is InChI=1S/C20H21F2N3O3S2.ClH/c1-4-30(27,28)15-7-5-13(6-8-15)19(26)25(10-9-24(2)3)20-23-18-16(22)11-14(21)12-17(18)29-20;/h5-8,11-12H,4,9-10H2,1-3H3;1H. The van der Waals surface area contributed by atoms with Crippen LogP contribution in [-0.2, 0) is 9.84 Å². The normalized spacial score (nSPS) is 11.5. The van der Waals surface area contributed by atoms with Crippen molar-refractivity contribution in [2.75, 3.05) is 37.8 Å². The van der Waals surface area contributed by atoms with Gasteiger partial charge in [0.1, 0.15) is 11.3 Å². The van der Waals surface area contributed by atoms with E-state index in [4.69, 9.17) is 0 Å². The zero-order valence-electron chi connectivity index (χ0n) is 17.1. The minimum atomic E-state index is -3.38. The largest absolute Gasteiger partial charge is 0.308 e. The molecule has 0 bridgehead atoms. The van der Waals surface area contributed by atoms with Gasteiger partial charge in [0, 0.05) is 24.7 Å². The van der Waals surface area contributed by atoms with Crippen LogP contribution in [0.5, 0.6) is 0 Å². The molecule has 6 nitrogen and oxygen atoms in total. The van der Waals surface area contributed by atoms with E-state index in [2.05, 4.69) is 4.98 Å². The van der Waals surface area contributed by atoms with Crippen LogP contribution in [0.2, 0.25) is 0 Å². The lowest BCUT2D eigenvalue weighted by Gasteiger charge is -2.22. The Balaban J connectivity index is 0.00000341. The number of hydrogen-bond donors (Lipinski definition) is 0. The third-order valence-corrected chi connectivity index (χ3v) is 7.27. The number of aromatic nitrogens is 1. The van der Waals surface area contributed by atoms with Crippen LogP contribution in [0.1, 0.15) is 17.3 Å². The molecule has 0 aliphatic carbocycles. The zero-order valence-corrected chi connectivity index (χ0v) is 19.6. The average molecular weight is 490 g/mol. The van der Waals surface area contributed by atoms with Crippen molar-refractivity contribution in [2.24, 2.45) is 0 Å². The SMILES string of the molecule is CCS(=O)(=O)c1ccc(C(=O)N(CCN(C)C)c2nc3c(F)cc(F)cc3s2)cc1.Cl. The first kappa shape index (κ1) is 25.1. The van der Waals surface area contributed by atoms with Gasteiger partial charge in [-0.3, -0.25) is 9.69 Å². The van der Waals surface area contributed by atoms with Gasteiger partial charge < -0.3 is 4.90 Å². The highest BCUT2D eigenvalue weighted by molar-refractivity contribution is 7.91. The minimum absolute atomic E-state index is 0. The highest BCUT2D eigenvalue weighted by atomic mass is 35.5. The third kappa shape index (κ3) is 5.57. The van der Waals surface area contributed by atoms with Crippen molar-refractivity contribution in [1.82, 2.24) is 9.88 Å². The van der Waals surface area contributed by atoms with Crippen LogP contribution in [0.4, 0.5) is 13.9 Å². The number of benzene rings is 2. The Morgan fingerprint density at radius 2 is 1.74 bits per heavy atom. The number of amides is 1. The molecule has 168 valence electrons. The van der Waals surface area contributed by atoms with Gasteiger partial charge in [-0.25, -0.2) is 22.2 Å². The lowest BCUT2D eigenvalue weighted by atomic mass is 10.2. The van der Waals surface area contributed by atoms with Crippen LogP contribution in [0.15, 0.2) is 41.3 Å². The summed E-state index contributed by atoms with van der Waals surface area (Å²) < 4.78 is 51.9. The molecule has 0 aliphatic rings. The van der Waals surface area contributed by atoms with Crippen molar-refractivity contribution in [2.45, 2.75) is 11.8 Å². The predicted molar refractivity (Wildman–Crippen MR) is 121 cm³/mol. The van der Waals surface area contributed by atoms with Gasteiger partial charge in [-0.15, -0.1) is 12.4 Å². The second-order valence-electron chi connectivity index (χ2n) is 6.92. The first-order valence-corrected chi connectivity index (χ1v) is 11.6. The van der Waals surface area contributed by atoms with Gasteiger partial charge in [0.05, 0.1) is 15.3 Å². The third-order valence-electron chi connectivity index (χ3n) is 4.49. The number of fused-ring (bicyclic) bond motifs is 1. The molecule has 1 heterocycles. The Labute approximate surface area is 189 Å². The Morgan fingerprint density at radius 1 is 1.10 bits per heavy atom. The van der Waals surface area contributed by atoms with E-state index in [-0.39, 0.29) is 45.8 Å². The maximum absolute atomic E-state index is 14.1. The molecule has 0 spiro atoms. The predicted octanol–water partition coefficient (Wildman–Crippen LogP) is 4.00. The van der Waals surface area contributed by atoms with E-state index in [0.29, 0.717) is 11.2 Å². The van der Waals surface area contributed by atoms with E-state index >= 15 is 0 Å². The number of rotatable bonds is 7. The van der Waals surface area contributed by atoms with Gasteiger partial charge in [-0.2, -0.15) is 0 Å². The average Bonchev–Trinajstić information content (AvgIpc) is 3.12. The first-order chi connectivity index (χ1) is 14.1. The van der Waals surface area contributed by atoms with Crippen LogP contribution in [0.25, 0.3) is 10.2 Å². The molecule has 3 aromatic rings. The van der Waals surface area contributed by atoms with Gasteiger partial charge in [0.15, 0.2) is 20.8 Å². The molecule has 2 aromatic carbocycles. The van der Waals surface area contributed by atoms with Crippen LogP contribution in [0.3, 0.4) is 0 Å². The zero-order chi connectivity index (χ0) is 22.1. The van der Waals surface area contributed by atoms with Crippen LogP contribution in [0, 0.1) is 11.6 Å². The van der Waals surface area contributed by atoms with Gasteiger partial charge in [-0.05, 0) is 44.4 Å². The number of carbonyl (C=O) groups is 1. The molecule has 11 heteroatoms. The van der Waals surface area contributed by atoms with Crippen molar-refractivity contribution >= 4 is 54.8 Å². The van der Waals surface area contributed by atoms with Crippen molar-refractivity contribution in [3.8, 4) is 0 Å². The van der Waals surface area contributed by atoms with Gasteiger partial charge >= 0.3 is 0 Å². The maximum Gasteiger partial charge on any atom is 0.260 e. The second kappa shape index (κ2) is 9.99. The Morgan fingerprint density at radius 3 is 2.32 bits per heavy atom. The molecular weight excluding hydrogens is 468 g/mol. The Bertz CT molecular complexity index is 1180. The Hall–Kier alpha value is -2.14. The molecule has 0 aliphatic heterocycles. The topological polar surface area (TPSA) is 70.6 Å². The molecule has 31 heavy (non-hydrogen) atoms. The van der Waals surface area contributed by atoms with E-state index < -0.39 is 27.4 Å². The fourth-order valence-electron chi connectivity index (χ4n) is 2.77. The van der Waals surface area contributed by atoms with Crippen LogP contribution >= 0.6 is 23.7 Å². The fourth-order valence-corrected chi connectivity index (χ4v) is 4.69. The molecule has 3 rings (SSSR count). The number of anilines is 1. The lowest BCUT2D eigenvalue weighted by Crippen LogP contribution is -2.36. The highest BCUT2D eigenvalue weighted by Crippen LogP contribution is 2.32. The van der Waals surface area contributed by atoms with Gasteiger partial charge in [0.25, 0.3) is 5.91 Å². The van der Waals surface area contributed by atoms with Gasteiger partial charge in [-0.1, -0.05) is 18.3 Å². The molecule has 0 N–H and O–H groups in total. The smallest absolute Gasteiger partial charge is 0.260 e. The summed E-state index contributed by atoms with van der Waals surface area (Å²) in [5.41, 5.74) is 0.276. The van der Waals surface area contributed by atoms with Gasteiger partial charge in [0.2, 0.25) is 0 Å². The summed E-state index contributed by atoms with van der Waals surface area (Å²) in [5.74, 6) is -1.95. The van der Waals surface area contributed by atoms with E-state index in [1.165, 1.54) is 35.2 Å². The summed E-state index contributed by atoms with van der Waals surface area (Å²) in [4.78, 5) is 20.8. The molecular formula is C20H22ClF2N3O3S2. The quantitative estimate of drug-likeness (QED) is 0.501. The van der Waals surface area contributed by atoms with Crippen LogP contribution in [-0.4, -0.2) is 57.1 Å². The number of carbonyl (C=O) groups excluding carboxylic acids is 1. The molecule has 0 saturated heterocycles. The molecule has 1 amide bonds. The number of likely N-dealkylation sites (N-methyl/N-ethyl adjacent to an activating group) is 1. The molecule has 0 fully saturated rings. The fraction of sp³-hybridized carbons (Fsp3) is 0.300. The summed E-state index contributed by atoms with van der Waals surface area (Å²) in [6.07, 6.45) is 0. The molecule has 0 saturated carbocycles. The summed E-state index contributed by atoms with van der Waals surface area (Å²) in [5, 5.41) is 0.242. The molecule has 0 unspecified atom stereocenters. The van der Waals surface area contributed by atoms with E-state index in [1.54, 1.807) is 6.92 Å². The van der Waals surface area contributed by atoms with E-state index in [9.17, 15) is 22.0 Å². The van der Waals surface area contributed by atoms with E-state index in [0.717, 1.165) is 17.4 Å². The highest BCUT2D eigenvalue weighted by Gasteiger charge is 2.23. The second-order valence-corrected chi connectivity index (χ2v) is 10.2. The molecule has 0 atom stereocenters. The van der Waals surface area contributed by atoms with Crippen molar-refractivity contribution in [1.29, 1.82) is 0 Å². The summed E-state index contributed by atoms with van der Waals surface area (Å²) in [6.45, 7) is 2.33. The summed E-state index contributed by atoms with van der Waals surface area (Å²) >= 11 is 1.02. The van der Waals surface area contributed by atoms with Crippen molar-refractivity contribution in [3.63, 3.8) is 0 Å². The van der Waals surface area contributed by atoms with Crippen molar-refractivity contribution in [3.05, 3.63) is 53.6 Å². The van der Waals surface area contributed by atoms with Crippen molar-refractivity contribution < 1.29 is 22.0 Å². The number of nitrogens with zero attached hydrogens (tertiary/aromatic N) is 3.